The molecule has 13 nitrogen and oxygen atoms in total. The van der Waals surface area contributed by atoms with Crippen molar-refractivity contribution in [2.45, 2.75) is 22.7 Å². The fourth-order valence-corrected chi connectivity index (χ4v) is 9.10. The summed E-state index contributed by atoms with van der Waals surface area (Å²) in [5.41, 5.74) is 7.27. The van der Waals surface area contributed by atoms with Gasteiger partial charge in [-0.1, -0.05) is 100 Å². The molecule has 5 heterocycles. The summed E-state index contributed by atoms with van der Waals surface area (Å²) in [5.74, 6) is 9.07. The van der Waals surface area contributed by atoms with E-state index in [-0.39, 0.29) is 39.1 Å². The Balaban J connectivity index is 0.000000154. The highest BCUT2D eigenvalue weighted by molar-refractivity contribution is 9.09. The van der Waals surface area contributed by atoms with Gasteiger partial charge in [0.15, 0.2) is 0 Å². The molecule has 378 valence electrons. The Hall–Kier alpha value is -8.17. The minimum absolute atomic E-state index is 0.0640. The van der Waals surface area contributed by atoms with Gasteiger partial charge in [-0.05, 0) is 89.2 Å². The van der Waals surface area contributed by atoms with E-state index in [0.29, 0.717) is 59.6 Å². The second-order valence-electron chi connectivity index (χ2n) is 15.9. The standard InChI is InChI=1S/C14H14N2OS.C13H11BrN2O.C13H12N2O.C10H8ClNO.C9H7NO/c1-3-8-16-14(18-2)11-6-7-12(17)13-10(11)5-4-9-15-13;1-2-7-16-13(14)10-5-6-11(17)12-9(10)4-3-8-15-12;1-2-7-14-9-10-5-6-12(16)13-11(10)4-3-8-15-13;11-6-7-3-4-9(13)10-8(7)2-1-5-12-10;11-8-5-1-3-7-4-2-6-10-9(7)8/h1,4-7,9,14,16-17H,8H2,2H3;1,3-6,8,13,16-17H,7H2;1,3-6,8,14,16H,7,9H2;1-5,13H,6H2;1-6,11H. The van der Waals surface area contributed by atoms with Gasteiger partial charge in [0.05, 0.1) is 30.0 Å². The van der Waals surface area contributed by atoms with Gasteiger partial charge in [-0.25, -0.2) is 0 Å². The third-order valence-corrected chi connectivity index (χ3v) is 13.1. The number of pyridine rings is 5. The van der Waals surface area contributed by atoms with Gasteiger partial charge >= 0.3 is 0 Å². The molecular weight excluding hydrogens is 1050 g/mol. The third kappa shape index (κ3) is 15.0. The molecule has 0 amide bonds. The second kappa shape index (κ2) is 28.9. The predicted octanol–water partition coefficient (Wildman–Crippen LogP) is 11.4. The summed E-state index contributed by atoms with van der Waals surface area (Å²) < 4.78 is 0. The monoisotopic (exact) mass is 1100 g/mol. The first kappa shape index (κ1) is 56.1. The number of halogens is 2. The number of alkyl halides is 2. The van der Waals surface area contributed by atoms with Gasteiger partial charge in [0, 0.05) is 70.3 Å². The number of aromatic nitrogens is 5. The number of nitrogens with one attached hydrogen (secondary N) is 3. The highest BCUT2D eigenvalue weighted by Crippen LogP contribution is 2.34. The van der Waals surface area contributed by atoms with E-state index >= 15 is 0 Å². The molecular formula is C59H52BrClN8O5S. The molecule has 2 unspecified atom stereocenters. The lowest BCUT2D eigenvalue weighted by atomic mass is 10.1. The lowest BCUT2D eigenvalue weighted by Gasteiger charge is -2.17. The molecule has 10 rings (SSSR count). The normalized spacial score (nSPS) is 11.2. The smallest absolute Gasteiger partial charge is 0.141 e. The molecule has 0 aliphatic rings. The summed E-state index contributed by atoms with van der Waals surface area (Å²) in [7, 11) is 0. The van der Waals surface area contributed by atoms with Gasteiger partial charge in [-0.2, -0.15) is 0 Å². The number of phenols is 5. The number of aromatic hydroxyl groups is 5. The molecule has 75 heavy (non-hydrogen) atoms. The van der Waals surface area contributed by atoms with Gasteiger partial charge in [0.1, 0.15) is 56.3 Å². The summed E-state index contributed by atoms with van der Waals surface area (Å²) in [6.45, 7) is 2.18. The Bertz CT molecular complexity index is 3640. The van der Waals surface area contributed by atoms with Gasteiger partial charge in [0.25, 0.3) is 0 Å². The molecule has 10 aromatic rings. The molecule has 5 aromatic heterocycles. The van der Waals surface area contributed by atoms with Gasteiger partial charge in [0.2, 0.25) is 0 Å². The van der Waals surface area contributed by atoms with E-state index in [1.807, 2.05) is 97.3 Å². The van der Waals surface area contributed by atoms with E-state index in [4.69, 9.17) is 30.9 Å². The zero-order valence-electron chi connectivity index (χ0n) is 40.6. The third-order valence-electron chi connectivity index (χ3n) is 11.1. The van der Waals surface area contributed by atoms with Crippen molar-refractivity contribution in [1.82, 2.24) is 40.9 Å². The maximum atomic E-state index is 9.80. The highest BCUT2D eigenvalue weighted by atomic mass is 79.9. The maximum absolute atomic E-state index is 9.80. The molecule has 0 spiro atoms. The van der Waals surface area contributed by atoms with Crippen LogP contribution in [0.1, 0.15) is 32.6 Å². The number of terminal acetylenes is 3. The van der Waals surface area contributed by atoms with Gasteiger partial charge in [-0.15, -0.1) is 42.6 Å². The van der Waals surface area contributed by atoms with Gasteiger partial charge in [-0.3, -0.25) is 35.6 Å². The van der Waals surface area contributed by atoms with E-state index in [1.54, 1.807) is 79.1 Å². The van der Waals surface area contributed by atoms with Crippen molar-refractivity contribution in [3.05, 3.63) is 181 Å². The lowest BCUT2D eigenvalue weighted by Crippen LogP contribution is -2.18. The zero-order valence-corrected chi connectivity index (χ0v) is 43.7. The van der Waals surface area contributed by atoms with Crippen LogP contribution in [-0.2, 0) is 12.4 Å². The summed E-state index contributed by atoms with van der Waals surface area (Å²) in [6.07, 6.45) is 26.0. The summed E-state index contributed by atoms with van der Waals surface area (Å²) >= 11 is 10.9. The Kier molecular flexibility index (Phi) is 21.6. The molecule has 0 bridgehead atoms. The van der Waals surface area contributed by atoms with Crippen LogP contribution in [0.4, 0.5) is 0 Å². The lowest BCUT2D eigenvalue weighted by molar-refractivity contribution is 0.479. The molecule has 0 saturated heterocycles. The Morgan fingerprint density at radius 3 is 1.43 bits per heavy atom. The molecule has 16 heteroatoms. The van der Waals surface area contributed by atoms with Crippen molar-refractivity contribution < 1.29 is 25.5 Å². The van der Waals surface area contributed by atoms with E-state index in [1.165, 1.54) is 0 Å². The van der Waals surface area contributed by atoms with Crippen molar-refractivity contribution in [1.29, 1.82) is 0 Å². The number of phenolic OH excluding ortho intramolecular Hbond substituents is 5. The quantitative estimate of drug-likeness (QED) is 0.0200. The minimum atomic E-state index is -0.0640. The van der Waals surface area contributed by atoms with Crippen molar-refractivity contribution >= 4 is 93.8 Å². The Morgan fingerprint density at radius 2 is 0.907 bits per heavy atom. The molecule has 0 radical (unpaired) electrons. The summed E-state index contributed by atoms with van der Waals surface area (Å²) in [5, 5.41) is 62.3. The maximum Gasteiger partial charge on any atom is 0.141 e. The van der Waals surface area contributed by atoms with Crippen LogP contribution in [0.2, 0.25) is 0 Å². The first-order chi connectivity index (χ1) is 36.5. The first-order valence-corrected chi connectivity index (χ1v) is 25.8. The fraction of sp³-hybridized carbons (Fsp3) is 0.136. The van der Waals surface area contributed by atoms with Crippen LogP contribution in [-0.4, -0.2) is 76.3 Å². The number of hydrogen-bond acceptors (Lipinski definition) is 14. The van der Waals surface area contributed by atoms with Crippen molar-refractivity contribution in [3.63, 3.8) is 0 Å². The number of para-hydroxylation sites is 1. The molecule has 0 aliphatic carbocycles. The topological polar surface area (TPSA) is 202 Å². The molecule has 8 N–H and O–H groups in total. The van der Waals surface area contributed by atoms with E-state index in [0.717, 1.165) is 49.2 Å². The average molecular weight is 1100 g/mol. The number of benzene rings is 5. The van der Waals surface area contributed by atoms with Crippen LogP contribution in [0, 0.1) is 37.0 Å². The van der Waals surface area contributed by atoms with Crippen LogP contribution < -0.4 is 16.0 Å². The largest absolute Gasteiger partial charge is 0.506 e. The van der Waals surface area contributed by atoms with Crippen molar-refractivity contribution in [2.75, 3.05) is 25.9 Å². The molecule has 5 aromatic carbocycles. The number of thioether (sulfide) groups is 1. The Labute approximate surface area is 452 Å². The van der Waals surface area contributed by atoms with Crippen molar-refractivity contribution in [2.24, 2.45) is 0 Å². The summed E-state index contributed by atoms with van der Waals surface area (Å²) in [4.78, 5) is 20.6. The highest BCUT2D eigenvalue weighted by Gasteiger charge is 2.15. The number of hydrogen-bond donors (Lipinski definition) is 8. The number of rotatable bonds is 11. The average Bonchev–Trinajstić information content (AvgIpc) is 3.45. The summed E-state index contributed by atoms with van der Waals surface area (Å²) in [6, 6.07) is 38.3. The fourth-order valence-electron chi connectivity index (χ4n) is 7.60. The number of fused-ring (bicyclic) bond motifs is 5. The second-order valence-corrected chi connectivity index (χ2v) is 18.0. The van der Waals surface area contributed by atoms with E-state index in [9.17, 15) is 25.5 Å². The molecule has 0 saturated carbocycles. The van der Waals surface area contributed by atoms with Crippen LogP contribution in [0.15, 0.2) is 158 Å². The molecule has 0 fully saturated rings. The first-order valence-electron chi connectivity index (χ1n) is 23.0. The minimum Gasteiger partial charge on any atom is -0.506 e. The molecule has 0 aliphatic heterocycles. The van der Waals surface area contributed by atoms with Crippen molar-refractivity contribution in [3.8, 4) is 65.8 Å². The van der Waals surface area contributed by atoms with Crippen LogP contribution in [0.5, 0.6) is 28.7 Å². The van der Waals surface area contributed by atoms with E-state index < -0.39 is 0 Å². The molecule has 2 atom stereocenters. The zero-order chi connectivity index (χ0) is 53.5. The van der Waals surface area contributed by atoms with E-state index in [2.05, 4.69) is 74.6 Å². The van der Waals surface area contributed by atoms with Crippen LogP contribution in [0.3, 0.4) is 0 Å². The predicted molar refractivity (Wildman–Crippen MR) is 309 cm³/mol. The van der Waals surface area contributed by atoms with Crippen LogP contribution >= 0.6 is 39.3 Å². The van der Waals surface area contributed by atoms with Crippen LogP contribution in [0.25, 0.3) is 54.5 Å². The SMILES string of the molecule is C#CCNC(Br)c1ccc(O)c2ncccc12.C#CCNC(SC)c1ccc(O)c2ncccc12.C#CCNCc1ccc(O)c2ncccc12.Oc1ccc(CCl)c2cccnc12.Oc1cccc2cccnc12. The van der Waals surface area contributed by atoms with Gasteiger partial charge < -0.3 is 30.8 Å². The Morgan fingerprint density at radius 1 is 0.493 bits per heavy atom. The number of nitrogens with zero attached hydrogens (tertiary/aromatic N) is 5.